The smallest absolute Gasteiger partial charge is 0.251 e. The third-order valence-electron chi connectivity index (χ3n) is 3.71. The lowest BCUT2D eigenvalue weighted by atomic mass is 10.1. The largest absolute Gasteiger partial charge is 0.286 e. The summed E-state index contributed by atoms with van der Waals surface area (Å²) in [7, 11) is 0. The van der Waals surface area contributed by atoms with Gasteiger partial charge in [0, 0.05) is 17.6 Å². The number of carbonyl (C=O) groups is 2. The summed E-state index contributed by atoms with van der Waals surface area (Å²) in [5.41, 5.74) is 0.664. The van der Waals surface area contributed by atoms with Gasteiger partial charge in [0.1, 0.15) is 0 Å². The minimum atomic E-state index is -0.330. The number of para-hydroxylation sites is 1. The summed E-state index contributed by atoms with van der Waals surface area (Å²) in [6, 6.07) is 8.81. The van der Waals surface area contributed by atoms with Gasteiger partial charge in [0.25, 0.3) is 5.91 Å². The fourth-order valence-electron chi connectivity index (χ4n) is 2.74. The predicted molar refractivity (Wildman–Crippen MR) is 80.5 cm³/mol. The van der Waals surface area contributed by atoms with Gasteiger partial charge in [-0.1, -0.05) is 40.2 Å². The van der Waals surface area contributed by atoms with Gasteiger partial charge in [-0.25, -0.2) is 4.90 Å². The quantitative estimate of drug-likeness (QED) is 0.779. The Hall–Kier alpha value is -1.46. The van der Waals surface area contributed by atoms with Crippen LogP contribution in [-0.2, 0) is 9.59 Å². The number of nitrogens with zero attached hydrogens (tertiary/aromatic N) is 2. The number of benzene rings is 1. The monoisotopic (exact) mass is 334 g/mol. The molecule has 1 saturated heterocycles. The molecule has 2 amide bonds. The minimum Gasteiger partial charge on any atom is -0.286 e. The Balaban J connectivity index is 1.82. The molecule has 2 aliphatic rings. The summed E-state index contributed by atoms with van der Waals surface area (Å²) in [4.78, 5) is 28.1. The number of hydrogen-bond donors (Lipinski definition) is 0. The molecule has 0 saturated carbocycles. The molecule has 0 radical (unpaired) electrons. The van der Waals surface area contributed by atoms with Crippen molar-refractivity contribution in [3.63, 3.8) is 0 Å². The highest BCUT2D eigenvalue weighted by atomic mass is 79.9. The van der Waals surface area contributed by atoms with Crippen LogP contribution in [-0.4, -0.2) is 35.8 Å². The van der Waals surface area contributed by atoms with E-state index in [9.17, 15) is 9.59 Å². The summed E-state index contributed by atoms with van der Waals surface area (Å²) in [5.74, 6) is -0.222. The van der Waals surface area contributed by atoms with Crippen LogP contribution < -0.4 is 4.90 Å². The Morgan fingerprint density at radius 1 is 1.15 bits per heavy atom. The molecular weight excluding hydrogens is 320 g/mol. The molecule has 5 heteroatoms. The van der Waals surface area contributed by atoms with E-state index >= 15 is 0 Å². The molecule has 2 heterocycles. The van der Waals surface area contributed by atoms with Crippen LogP contribution in [0, 0.1) is 0 Å². The Morgan fingerprint density at radius 2 is 1.90 bits per heavy atom. The number of amides is 2. The molecule has 20 heavy (non-hydrogen) atoms. The van der Waals surface area contributed by atoms with Gasteiger partial charge in [-0.2, -0.15) is 0 Å². The molecule has 0 bridgehead atoms. The van der Waals surface area contributed by atoms with Crippen molar-refractivity contribution in [2.45, 2.75) is 18.9 Å². The third-order valence-corrected chi connectivity index (χ3v) is 4.29. The number of hydrogen-bond acceptors (Lipinski definition) is 3. The lowest BCUT2D eigenvalue weighted by Crippen LogP contribution is -2.44. The number of carbonyl (C=O) groups excluding carboxylic acids is 2. The van der Waals surface area contributed by atoms with E-state index in [4.69, 9.17) is 0 Å². The van der Waals surface area contributed by atoms with Crippen LogP contribution in [0.3, 0.4) is 0 Å². The average molecular weight is 335 g/mol. The Labute approximate surface area is 126 Å². The van der Waals surface area contributed by atoms with Gasteiger partial charge in [-0.05, 0) is 18.6 Å². The topological polar surface area (TPSA) is 40.6 Å². The van der Waals surface area contributed by atoms with E-state index in [0.717, 1.165) is 17.4 Å². The second-order valence-electron chi connectivity index (χ2n) is 5.03. The fraction of sp³-hybridized carbons (Fsp3) is 0.333. The van der Waals surface area contributed by atoms with Crippen LogP contribution >= 0.6 is 15.9 Å². The van der Waals surface area contributed by atoms with Crippen LogP contribution in [0.5, 0.6) is 0 Å². The summed E-state index contributed by atoms with van der Waals surface area (Å²) >= 11 is 3.48. The second-order valence-corrected chi connectivity index (χ2v) is 6.05. The first-order valence-electron chi connectivity index (χ1n) is 6.67. The number of halogens is 1. The van der Waals surface area contributed by atoms with Crippen LogP contribution in [0.15, 0.2) is 40.9 Å². The van der Waals surface area contributed by atoms with Gasteiger partial charge >= 0.3 is 0 Å². The molecule has 4 nitrogen and oxygen atoms in total. The zero-order valence-electron chi connectivity index (χ0n) is 11.0. The molecule has 104 valence electrons. The van der Waals surface area contributed by atoms with Gasteiger partial charge < -0.3 is 0 Å². The van der Waals surface area contributed by atoms with Crippen LogP contribution in [0.2, 0.25) is 0 Å². The van der Waals surface area contributed by atoms with E-state index in [1.165, 1.54) is 4.90 Å². The average Bonchev–Trinajstić information content (AvgIpc) is 2.75. The first-order chi connectivity index (χ1) is 9.66. The number of imide groups is 1. The molecule has 0 aliphatic carbocycles. The Bertz CT molecular complexity index is 570. The molecule has 1 aromatic rings. The first-order valence-corrected chi connectivity index (χ1v) is 7.46. The maximum absolute atomic E-state index is 12.6. The predicted octanol–water partition coefficient (Wildman–Crippen LogP) is 2.30. The SMILES string of the molecule is O=C1CC(N2CCC=C(Br)C2)C(=O)N1c1ccccc1. The summed E-state index contributed by atoms with van der Waals surface area (Å²) in [6.07, 6.45) is 3.30. The van der Waals surface area contributed by atoms with Crippen molar-refractivity contribution >= 4 is 33.4 Å². The highest BCUT2D eigenvalue weighted by molar-refractivity contribution is 9.11. The zero-order chi connectivity index (χ0) is 14.1. The number of anilines is 1. The molecule has 1 unspecified atom stereocenters. The van der Waals surface area contributed by atoms with Crippen molar-refractivity contribution in [3.8, 4) is 0 Å². The molecule has 0 aromatic heterocycles. The van der Waals surface area contributed by atoms with E-state index in [1.54, 1.807) is 12.1 Å². The van der Waals surface area contributed by atoms with Crippen LogP contribution in [0.25, 0.3) is 0 Å². The van der Waals surface area contributed by atoms with E-state index in [1.807, 2.05) is 18.2 Å². The lowest BCUT2D eigenvalue weighted by Gasteiger charge is -2.29. The molecule has 3 rings (SSSR count). The Kier molecular flexibility index (Phi) is 3.72. The van der Waals surface area contributed by atoms with Crippen molar-refractivity contribution < 1.29 is 9.59 Å². The van der Waals surface area contributed by atoms with Crippen LogP contribution in [0.4, 0.5) is 5.69 Å². The molecular formula is C15H15BrN2O2. The zero-order valence-corrected chi connectivity index (χ0v) is 12.5. The molecule has 1 aromatic carbocycles. The summed E-state index contributed by atoms with van der Waals surface area (Å²) < 4.78 is 1.09. The van der Waals surface area contributed by atoms with Crippen molar-refractivity contribution in [2.24, 2.45) is 0 Å². The Morgan fingerprint density at radius 3 is 2.60 bits per heavy atom. The highest BCUT2D eigenvalue weighted by Crippen LogP contribution is 2.27. The molecule has 1 atom stereocenters. The van der Waals surface area contributed by atoms with Gasteiger partial charge in [-0.15, -0.1) is 0 Å². The maximum atomic E-state index is 12.6. The second kappa shape index (κ2) is 5.50. The van der Waals surface area contributed by atoms with Gasteiger partial charge in [0.05, 0.1) is 18.2 Å². The molecule has 1 fully saturated rings. The van der Waals surface area contributed by atoms with Gasteiger partial charge in [-0.3, -0.25) is 14.5 Å². The fourth-order valence-corrected chi connectivity index (χ4v) is 3.29. The highest BCUT2D eigenvalue weighted by Gasteiger charge is 2.42. The maximum Gasteiger partial charge on any atom is 0.251 e. The normalized spacial score (nSPS) is 24.1. The van der Waals surface area contributed by atoms with E-state index in [2.05, 4.69) is 26.9 Å². The third kappa shape index (κ3) is 2.43. The van der Waals surface area contributed by atoms with E-state index < -0.39 is 0 Å². The van der Waals surface area contributed by atoms with Crippen molar-refractivity contribution in [1.82, 2.24) is 4.90 Å². The van der Waals surface area contributed by atoms with Crippen molar-refractivity contribution in [1.29, 1.82) is 0 Å². The van der Waals surface area contributed by atoms with Gasteiger partial charge in [0.2, 0.25) is 5.91 Å². The molecule has 0 N–H and O–H groups in total. The molecule has 0 spiro atoms. The molecule has 2 aliphatic heterocycles. The van der Waals surface area contributed by atoms with E-state index in [-0.39, 0.29) is 24.3 Å². The van der Waals surface area contributed by atoms with Crippen molar-refractivity contribution in [3.05, 3.63) is 40.9 Å². The van der Waals surface area contributed by atoms with Gasteiger partial charge in [0.15, 0.2) is 0 Å². The standard InChI is InChI=1S/C15H15BrN2O2/c16-11-5-4-8-17(10-11)13-9-14(19)18(15(13)20)12-6-2-1-3-7-12/h1-3,5-7,13H,4,8-10H2. The summed E-state index contributed by atoms with van der Waals surface area (Å²) in [5, 5.41) is 0. The number of rotatable bonds is 2. The lowest BCUT2D eigenvalue weighted by molar-refractivity contribution is -0.122. The summed E-state index contributed by atoms with van der Waals surface area (Å²) in [6.45, 7) is 1.52. The van der Waals surface area contributed by atoms with Crippen LogP contribution in [0.1, 0.15) is 12.8 Å². The van der Waals surface area contributed by atoms with E-state index in [0.29, 0.717) is 12.2 Å². The minimum absolute atomic E-state index is 0.108. The first kappa shape index (κ1) is 13.5. The van der Waals surface area contributed by atoms with Crippen molar-refractivity contribution in [2.75, 3.05) is 18.0 Å².